The first kappa shape index (κ1) is 18.6. The van der Waals surface area contributed by atoms with Crippen LogP contribution in [0.25, 0.3) is 0 Å². The highest BCUT2D eigenvalue weighted by Crippen LogP contribution is 2.25. The Balaban J connectivity index is 1.55. The quantitative estimate of drug-likeness (QED) is 0.499. The van der Waals surface area contributed by atoms with E-state index in [9.17, 15) is 4.79 Å². The van der Waals surface area contributed by atoms with Crippen molar-refractivity contribution in [1.82, 2.24) is 16.3 Å². The Labute approximate surface area is 161 Å². The molecule has 2 unspecified atom stereocenters. The zero-order chi connectivity index (χ0) is 18.4. The molecule has 1 fully saturated rings. The predicted molar refractivity (Wildman–Crippen MR) is 105 cm³/mol. The fourth-order valence-corrected chi connectivity index (χ4v) is 3.19. The van der Waals surface area contributed by atoms with Gasteiger partial charge in [0.25, 0.3) is 5.91 Å². The van der Waals surface area contributed by atoms with Crippen molar-refractivity contribution in [1.29, 1.82) is 0 Å². The lowest BCUT2D eigenvalue weighted by molar-refractivity contribution is -0.122. The average molecular weight is 417 g/mol. The summed E-state index contributed by atoms with van der Waals surface area (Å²) < 4.78 is 6.50. The van der Waals surface area contributed by atoms with Gasteiger partial charge in [-0.25, -0.2) is 16.3 Å². The van der Waals surface area contributed by atoms with Gasteiger partial charge >= 0.3 is 0 Å². The molecule has 1 aliphatic rings. The maximum Gasteiger partial charge on any atom is 0.258 e. The number of benzene rings is 2. The van der Waals surface area contributed by atoms with E-state index < -0.39 is 0 Å². The van der Waals surface area contributed by atoms with Crippen LogP contribution in [-0.2, 0) is 4.79 Å². The topological polar surface area (TPSA) is 74.8 Å². The van der Waals surface area contributed by atoms with Crippen molar-refractivity contribution in [3.63, 3.8) is 0 Å². The van der Waals surface area contributed by atoms with Crippen LogP contribution in [0.2, 0.25) is 0 Å². The normalized spacial score (nSPS) is 19.6. The van der Waals surface area contributed by atoms with E-state index in [2.05, 4.69) is 37.3 Å². The van der Waals surface area contributed by atoms with Crippen molar-refractivity contribution in [2.75, 3.05) is 6.61 Å². The first-order valence-corrected chi connectivity index (χ1v) is 9.27. The molecule has 0 radical (unpaired) electrons. The summed E-state index contributed by atoms with van der Waals surface area (Å²) >= 11 is 3.40. The van der Waals surface area contributed by atoms with Crippen molar-refractivity contribution in [3.8, 4) is 5.75 Å². The van der Waals surface area contributed by atoms with Crippen LogP contribution in [0.1, 0.15) is 30.5 Å². The third-order valence-electron chi connectivity index (χ3n) is 4.03. The van der Waals surface area contributed by atoms with Gasteiger partial charge in [-0.05, 0) is 48.7 Å². The van der Waals surface area contributed by atoms with E-state index in [-0.39, 0.29) is 18.0 Å². The number of hydrazine groups is 1. The number of ether oxygens (including phenoxy) is 1. The zero-order valence-corrected chi connectivity index (χ0v) is 16.0. The van der Waals surface area contributed by atoms with Gasteiger partial charge < -0.3 is 4.74 Å². The molecule has 6 nitrogen and oxygen atoms in total. The van der Waals surface area contributed by atoms with Crippen LogP contribution in [0.5, 0.6) is 5.75 Å². The van der Waals surface area contributed by atoms with Crippen LogP contribution >= 0.6 is 15.9 Å². The van der Waals surface area contributed by atoms with E-state index in [1.807, 2.05) is 55.5 Å². The molecule has 26 heavy (non-hydrogen) atoms. The van der Waals surface area contributed by atoms with Gasteiger partial charge in [-0.2, -0.15) is 5.10 Å². The van der Waals surface area contributed by atoms with Crippen LogP contribution in [0, 0.1) is 0 Å². The van der Waals surface area contributed by atoms with Gasteiger partial charge in [0.1, 0.15) is 11.8 Å². The van der Waals surface area contributed by atoms with E-state index in [1.54, 1.807) is 6.21 Å². The third-order valence-corrected chi connectivity index (χ3v) is 4.52. The second kappa shape index (κ2) is 8.93. The van der Waals surface area contributed by atoms with Crippen LogP contribution < -0.4 is 21.0 Å². The van der Waals surface area contributed by atoms with Crippen molar-refractivity contribution in [3.05, 3.63) is 64.1 Å². The molecule has 1 heterocycles. The largest absolute Gasteiger partial charge is 0.494 e. The monoisotopic (exact) mass is 416 g/mol. The third kappa shape index (κ3) is 4.91. The lowest BCUT2D eigenvalue weighted by Gasteiger charge is -2.11. The van der Waals surface area contributed by atoms with Gasteiger partial charge in [-0.1, -0.05) is 40.2 Å². The molecule has 0 aliphatic carbocycles. The summed E-state index contributed by atoms with van der Waals surface area (Å²) in [7, 11) is 0. The van der Waals surface area contributed by atoms with Gasteiger partial charge in [-0.15, -0.1) is 0 Å². The Hall–Kier alpha value is -2.22. The van der Waals surface area contributed by atoms with Crippen LogP contribution in [-0.4, -0.2) is 24.8 Å². The second-order valence-electron chi connectivity index (χ2n) is 5.92. The lowest BCUT2D eigenvalue weighted by Crippen LogP contribution is -2.41. The van der Waals surface area contributed by atoms with E-state index in [0.717, 1.165) is 21.3 Å². The van der Waals surface area contributed by atoms with Gasteiger partial charge in [0, 0.05) is 10.5 Å². The van der Waals surface area contributed by atoms with Gasteiger partial charge in [-0.3, -0.25) is 4.79 Å². The number of hydrogen-bond donors (Lipinski definition) is 3. The second-order valence-corrected chi connectivity index (χ2v) is 6.84. The van der Waals surface area contributed by atoms with Crippen molar-refractivity contribution in [2.24, 2.45) is 5.10 Å². The molecule has 1 saturated heterocycles. The minimum Gasteiger partial charge on any atom is -0.494 e. The maximum atomic E-state index is 12.3. The Kier molecular flexibility index (Phi) is 6.38. The summed E-state index contributed by atoms with van der Waals surface area (Å²) in [4.78, 5) is 12.3. The Morgan fingerprint density at radius 3 is 2.96 bits per heavy atom. The minimum absolute atomic E-state index is 0.0419. The van der Waals surface area contributed by atoms with E-state index in [1.165, 1.54) is 0 Å². The first-order valence-electron chi connectivity index (χ1n) is 8.48. The van der Waals surface area contributed by atoms with E-state index in [4.69, 9.17) is 4.74 Å². The SMILES string of the molecule is CCOc1cccc(C2CC(C(=O)N/N=C/c3cccc(Br)c3)NN2)c1. The van der Waals surface area contributed by atoms with Crippen LogP contribution in [0.4, 0.5) is 0 Å². The number of hydrazone groups is 1. The number of halogens is 1. The predicted octanol–water partition coefficient (Wildman–Crippen LogP) is 2.91. The van der Waals surface area contributed by atoms with Gasteiger partial charge in [0.2, 0.25) is 0 Å². The number of amides is 1. The zero-order valence-electron chi connectivity index (χ0n) is 14.4. The summed E-state index contributed by atoms with van der Waals surface area (Å²) in [5.41, 5.74) is 10.8. The van der Waals surface area contributed by atoms with Gasteiger partial charge in [0.15, 0.2) is 0 Å². The Morgan fingerprint density at radius 2 is 2.15 bits per heavy atom. The number of nitrogens with one attached hydrogen (secondary N) is 3. The number of hydrogen-bond acceptors (Lipinski definition) is 5. The minimum atomic E-state index is -0.351. The molecule has 3 rings (SSSR count). The van der Waals surface area contributed by atoms with Crippen molar-refractivity contribution in [2.45, 2.75) is 25.4 Å². The molecule has 3 N–H and O–H groups in total. The summed E-state index contributed by atoms with van der Waals surface area (Å²) in [6, 6.07) is 15.3. The number of carbonyl (C=O) groups excluding carboxylic acids is 1. The molecule has 2 aromatic rings. The van der Waals surface area contributed by atoms with Gasteiger partial charge in [0.05, 0.1) is 12.8 Å². The lowest BCUT2D eigenvalue weighted by atomic mass is 10.0. The standard InChI is InChI=1S/C19H21BrN4O2/c1-2-26-16-8-4-6-14(10-16)17-11-18(23-22-17)19(25)24-21-12-13-5-3-7-15(20)9-13/h3-10,12,17-18,22-23H,2,11H2,1H3,(H,24,25)/b21-12+. The molecule has 1 amide bonds. The summed E-state index contributed by atoms with van der Waals surface area (Å²) in [5, 5.41) is 4.03. The highest BCUT2D eigenvalue weighted by Gasteiger charge is 2.30. The summed E-state index contributed by atoms with van der Waals surface area (Å²) in [5.74, 6) is 0.658. The van der Waals surface area contributed by atoms with Crippen molar-refractivity contribution >= 4 is 28.1 Å². The Bertz CT molecular complexity index is 797. The fourth-order valence-electron chi connectivity index (χ4n) is 2.77. The molecule has 2 aromatic carbocycles. The summed E-state index contributed by atoms with van der Waals surface area (Å²) in [6.07, 6.45) is 2.25. The molecule has 0 aromatic heterocycles. The van der Waals surface area contributed by atoms with E-state index >= 15 is 0 Å². The first-order chi connectivity index (χ1) is 12.7. The number of rotatable bonds is 6. The average Bonchev–Trinajstić information content (AvgIpc) is 3.13. The smallest absolute Gasteiger partial charge is 0.258 e. The van der Waals surface area contributed by atoms with Crippen LogP contribution in [0.3, 0.4) is 0 Å². The summed E-state index contributed by atoms with van der Waals surface area (Å²) in [6.45, 7) is 2.58. The molecule has 136 valence electrons. The van der Waals surface area contributed by atoms with E-state index in [0.29, 0.717) is 13.0 Å². The molecular weight excluding hydrogens is 396 g/mol. The molecule has 0 bridgehead atoms. The fraction of sp³-hybridized carbons (Fsp3) is 0.263. The van der Waals surface area contributed by atoms with Crippen molar-refractivity contribution < 1.29 is 9.53 Å². The molecule has 2 atom stereocenters. The molecule has 0 spiro atoms. The molecule has 1 aliphatic heterocycles. The highest BCUT2D eigenvalue weighted by molar-refractivity contribution is 9.10. The Morgan fingerprint density at radius 1 is 1.31 bits per heavy atom. The number of carbonyl (C=O) groups is 1. The molecule has 0 saturated carbocycles. The highest BCUT2D eigenvalue weighted by atomic mass is 79.9. The molecular formula is C19H21BrN4O2. The maximum absolute atomic E-state index is 12.3. The molecule has 7 heteroatoms. The van der Waals surface area contributed by atoms with Crippen LogP contribution in [0.15, 0.2) is 58.1 Å². The number of nitrogens with zero attached hydrogens (tertiary/aromatic N) is 1.